The lowest BCUT2D eigenvalue weighted by Crippen LogP contribution is -2.37. The first kappa shape index (κ1) is 14.4. The monoisotopic (exact) mass is 215 g/mol. The molecule has 0 saturated carbocycles. The van der Waals surface area contributed by atoms with Crippen molar-refractivity contribution >= 4 is 5.97 Å². The topological polar surface area (TPSA) is 52.3 Å². The van der Waals surface area contributed by atoms with Gasteiger partial charge in [-0.2, -0.15) is 0 Å². The van der Waals surface area contributed by atoms with Crippen LogP contribution in [0.5, 0.6) is 0 Å². The highest BCUT2D eigenvalue weighted by Crippen LogP contribution is 2.04. The summed E-state index contributed by atoms with van der Waals surface area (Å²) in [4.78, 5) is 11.3. The molecule has 0 aromatic heterocycles. The molecule has 0 amide bonds. The Labute approximate surface area is 93.4 Å². The van der Waals surface area contributed by atoms with E-state index in [0.717, 1.165) is 12.8 Å². The minimum absolute atomic E-state index is 0.151. The van der Waals surface area contributed by atoms with Crippen molar-refractivity contribution in [3.8, 4) is 0 Å². The molecule has 0 saturated heterocycles. The molecule has 0 spiro atoms. The Hall–Kier alpha value is -0.570. The van der Waals surface area contributed by atoms with Gasteiger partial charge in [0.05, 0.1) is 6.61 Å². The number of unbranched alkanes of at least 4 members (excludes halogenated alkanes) is 4. The average molecular weight is 215 g/mol. The molecule has 0 aromatic carbocycles. The largest absolute Gasteiger partial charge is 0.465 e. The van der Waals surface area contributed by atoms with Gasteiger partial charge in [-0.15, -0.1) is 0 Å². The molecule has 2 N–H and O–H groups in total. The Morgan fingerprint density at radius 2 is 1.80 bits per heavy atom. The number of hydrogen-bond donors (Lipinski definition) is 1. The summed E-state index contributed by atoms with van der Waals surface area (Å²) in [5.74, 6) is -0.113. The lowest BCUT2D eigenvalue weighted by Gasteiger charge is -2.14. The molecule has 3 nitrogen and oxygen atoms in total. The smallest absolute Gasteiger partial charge is 0.323 e. The van der Waals surface area contributed by atoms with Crippen LogP contribution in [0, 0.1) is 5.92 Å². The third kappa shape index (κ3) is 7.37. The molecule has 15 heavy (non-hydrogen) atoms. The summed E-state index contributed by atoms with van der Waals surface area (Å²) in [6.45, 7) is 6.55. The fourth-order valence-corrected chi connectivity index (χ4v) is 1.25. The molecule has 1 atom stereocenters. The fourth-order valence-electron chi connectivity index (χ4n) is 1.25. The van der Waals surface area contributed by atoms with Crippen molar-refractivity contribution < 1.29 is 9.53 Å². The van der Waals surface area contributed by atoms with E-state index < -0.39 is 6.04 Å². The Morgan fingerprint density at radius 1 is 1.20 bits per heavy atom. The Balaban J connectivity index is 3.39. The lowest BCUT2D eigenvalue weighted by molar-refractivity contribution is -0.146. The SMILES string of the molecule is CCCCCCCOC(=O)[C@H](N)C(C)C. The second-order valence-electron chi connectivity index (χ2n) is 4.35. The number of carbonyl (C=O) groups is 1. The van der Waals surface area contributed by atoms with Crippen LogP contribution < -0.4 is 5.73 Å². The highest BCUT2D eigenvalue weighted by atomic mass is 16.5. The number of carbonyl (C=O) groups excluding carboxylic acids is 1. The van der Waals surface area contributed by atoms with Crippen LogP contribution in [0.2, 0.25) is 0 Å². The van der Waals surface area contributed by atoms with E-state index in [2.05, 4.69) is 6.92 Å². The van der Waals surface area contributed by atoms with Gasteiger partial charge < -0.3 is 10.5 Å². The summed E-state index contributed by atoms with van der Waals surface area (Å²) in [6, 6.07) is -0.472. The van der Waals surface area contributed by atoms with E-state index in [9.17, 15) is 4.79 Å². The van der Waals surface area contributed by atoms with Gasteiger partial charge in [0.25, 0.3) is 0 Å². The quantitative estimate of drug-likeness (QED) is 0.500. The van der Waals surface area contributed by atoms with Crippen LogP contribution in [0.3, 0.4) is 0 Å². The standard InChI is InChI=1S/C12H25NO2/c1-4-5-6-7-8-9-15-12(14)11(13)10(2)3/h10-11H,4-9,13H2,1-3H3/t11-/m1/s1. The Morgan fingerprint density at radius 3 is 2.33 bits per heavy atom. The number of hydrogen-bond acceptors (Lipinski definition) is 3. The highest BCUT2D eigenvalue weighted by Gasteiger charge is 2.18. The van der Waals surface area contributed by atoms with Crippen LogP contribution in [-0.4, -0.2) is 18.6 Å². The first-order chi connectivity index (χ1) is 7.09. The van der Waals surface area contributed by atoms with Gasteiger partial charge in [-0.3, -0.25) is 4.79 Å². The molecule has 0 bridgehead atoms. The predicted octanol–water partition coefficient (Wildman–Crippen LogP) is 2.48. The van der Waals surface area contributed by atoms with Crippen molar-refractivity contribution in [3.05, 3.63) is 0 Å². The van der Waals surface area contributed by atoms with Crippen molar-refractivity contribution in [2.45, 2.75) is 58.9 Å². The van der Waals surface area contributed by atoms with E-state index in [4.69, 9.17) is 10.5 Å². The lowest BCUT2D eigenvalue weighted by atomic mass is 10.1. The van der Waals surface area contributed by atoms with E-state index >= 15 is 0 Å². The maximum absolute atomic E-state index is 11.3. The Kier molecular flexibility index (Phi) is 8.38. The van der Waals surface area contributed by atoms with E-state index in [1.807, 2.05) is 13.8 Å². The van der Waals surface area contributed by atoms with Gasteiger partial charge in [0.1, 0.15) is 6.04 Å². The summed E-state index contributed by atoms with van der Waals surface area (Å²) in [6.07, 6.45) is 5.82. The van der Waals surface area contributed by atoms with Crippen molar-refractivity contribution in [1.29, 1.82) is 0 Å². The third-order valence-electron chi connectivity index (χ3n) is 2.48. The van der Waals surface area contributed by atoms with Gasteiger partial charge >= 0.3 is 5.97 Å². The van der Waals surface area contributed by atoms with Crippen molar-refractivity contribution in [1.82, 2.24) is 0 Å². The summed E-state index contributed by atoms with van der Waals surface area (Å²) in [7, 11) is 0. The van der Waals surface area contributed by atoms with Crippen LogP contribution in [0.4, 0.5) is 0 Å². The van der Waals surface area contributed by atoms with Gasteiger partial charge in [0.2, 0.25) is 0 Å². The van der Waals surface area contributed by atoms with E-state index in [0.29, 0.717) is 6.61 Å². The fraction of sp³-hybridized carbons (Fsp3) is 0.917. The minimum Gasteiger partial charge on any atom is -0.465 e. The van der Waals surface area contributed by atoms with Gasteiger partial charge in [-0.25, -0.2) is 0 Å². The molecule has 0 aliphatic carbocycles. The first-order valence-corrected chi connectivity index (χ1v) is 6.01. The molecular weight excluding hydrogens is 190 g/mol. The summed E-state index contributed by atoms with van der Waals surface area (Å²) in [5.41, 5.74) is 5.65. The van der Waals surface area contributed by atoms with Crippen molar-refractivity contribution in [2.24, 2.45) is 11.7 Å². The van der Waals surface area contributed by atoms with Gasteiger partial charge in [-0.1, -0.05) is 46.5 Å². The zero-order valence-electron chi connectivity index (χ0n) is 10.3. The number of ether oxygens (including phenoxy) is 1. The molecular formula is C12H25NO2. The van der Waals surface area contributed by atoms with Crippen LogP contribution in [0.25, 0.3) is 0 Å². The maximum Gasteiger partial charge on any atom is 0.323 e. The molecule has 0 rings (SSSR count). The first-order valence-electron chi connectivity index (χ1n) is 6.01. The Bertz CT molecular complexity index is 169. The minimum atomic E-state index is -0.472. The highest BCUT2D eigenvalue weighted by molar-refractivity contribution is 5.75. The van der Waals surface area contributed by atoms with Gasteiger partial charge in [0, 0.05) is 0 Å². The van der Waals surface area contributed by atoms with Crippen molar-refractivity contribution in [2.75, 3.05) is 6.61 Å². The van der Waals surface area contributed by atoms with E-state index in [-0.39, 0.29) is 11.9 Å². The summed E-state index contributed by atoms with van der Waals surface area (Å²) in [5, 5.41) is 0. The molecule has 0 fully saturated rings. The van der Waals surface area contributed by atoms with Crippen LogP contribution >= 0.6 is 0 Å². The van der Waals surface area contributed by atoms with Gasteiger partial charge in [0.15, 0.2) is 0 Å². The number of nitrogens with two attached hydrogens (primary N) is 1. The zero-order valence-corrected chi connectivity index (χ0v) is 10.3. The second-order valence-corrected chi connectivity index (χ2v) is 4.35. The molecule has 0 aliphatic rings. The molecule has 0 radical (unpaired) electrons. The molecule has 0 aliphatic heterocycles. The van der Waals surface area contributed by atoms with Crippen LogP contribution in [-0.2, 0) is 9.53 Å². The third-order valence-corrected chi connectivity index (χ3v) is 2.48. The number of rotatable bonds is 8. The van der Waals surface area contributed by atoms with Gasteiger partial charge in [-0.05, 0) is 12.3 Å². The normalized spacial score (nSPS) is 12.9. The van der Waals surface area contributed by atoms with Crippen molar-refractivity contribution in [3.63, 3.8) is 0 Å². The average Bonchev–Trinajstić information content (AvgIpc) is 2.21. The molecule has 0 aromatic rings. The van der Waals surface area contributed by atoms with Crippen LogP contribution in [0.1, 0.15) is 52.9 Å². The molecule has 0 unspecified atom stereocenters. The molecule has 90 valence electrons. The predicted molar refractivity (Wildman–Crippen MR) is 62.5 cm³/mol. The number of esters is 1. The summed E-state index contributed by atoms with van der Waals surface area (Å²) < 4.78 is 5.08. The van der Waals surface area contributed by atoms with E-state index in [1.54, 1.807) is 0 Å². The molecule has 3 heteroatoms. The maximum atomic E-state index is 11.3. The van der Waals surface area contributed by atoms with E-state index in [1.165, 1.54) is 19.3 Å². The zero-order chi connectivity index (χ0) is 11.7. The summed E-state index contributed by atoms with van der Waals surface area (Å²) >= 11 is 0. The van der Waals surface area contributed by atoms with Crippen LogP contribution in [0.15, 0.2) is 0 Å². The second kappa shape index (κ2) is 8.72. The molecule has 0 heterocycles.